The Morgan fingerprint density at radius 3 is 2.76 bits per heavy atom. The van der Waals surface area contributed by atoms with E-state index in [1.807, 2.05) is 0 Å². The van der Waals surface area contributed by atoms with E-state index in [0.717, 1.165) is 6.54 Å². The van der Waals surface area contributed by atoms with Gasteiger partial charge in [-0.15, -0.1) is 0 Å². The van der Waals surface area contributed by atoms with Crippen LogP contribution in [0, 0.1) is 0 Å². The first-order chi connectivity index (χ1) is 10.1. The van der Waals surface area contributed by atoms with E-state index in [9.17, 15) is 9.59 Å². The fourth-order valence-corrected chi connectivity index (χ4v) is 1.55. The van der Waals surface area contributed by atoms with Crippen LogP contribution < -0.4 is 21.1 Å². The number of hydrogen-bond acceptors (Lipinski definition) is 5. The van der Waals surface area contributed by atoms with Crippen LogP contribution >= 0.6 is 0 Å². The number of benzene rings is 1. The van der Waals surface area contributed by atoms with Gasteiger partial charge in [-0.1, -0.05) is 6.07 Å². The Labute approximate surface area is 123 Å². The Kier molecular flexibility index (Phi) is 7.85. The first-order valence-electron chi connectivity index (χ1n) is 6.62. The second-order valence-corrected chi connectivity index (χ2v) is 4.28. The van der Waals surface area contributed by atoms with Crippen LogP contribution in [-0.2, 0) is 9.53 Å². The second kappa shape index (κ2) is 9.73. The monoisotopic (exact) mass is 295 g/mol. The van der Waals surface area contributed by atoms with Crippen molar-refractivity contribution in [2.24, 2.45) is 5.73 Å². The van der Waals surface area contributed by atoms with E-state index >= 15 is 0 Å². The van der Waals surface area contributed by atoms with E-state index in [-0.39, 0.29) is 12.5 Å². The molecular weight excluding hydrogens is 274 g/mol. The SMILES string of the molecule is COCCNCCNC(=O)c1cccc(OCC(N)=O)c1. The van der Waals surface area contributed by atoms with Crippen LogP contribution in [-0.4, -0.2) is 51.8 Å². The molecule has 0 fully saturated rings. The van der Waals surface area contributed by atoms with Crippen molar-refractivity contribution in [1.29, 1.82) is 0 Å². The number of nitrogens with two attached hydrogens (primary N) is 1. The lowest BCUT2D eigenvalue weighted by atomic mass is 10.2. The molecule has 0 bridgehead atoms. The second-order valence-electron chi connectivity index (χ2n) is 4.28. The maximum atomic E-state index is 11.9. The van der Waals surface area contributed by atoms with Gasteiger partial charge >= 0.3 is 0 Å². The standard InChI is InChI=1S/C14H21N3O4/c1-20-8-7-16-5-6-17-14(19)11-3-2-4-12(9-11)21-10-13(15)18/h2-4,9,16H,5-8,10H2,1H3,(H2,15,18)(H,17,19). The molecule has 0 heterocycles. The lowest BCUT2D eigenvalue weighted by Gasteiger charge is -2.08. The van der Waals surface area contributed by atoms with Gasteiger partial charge in [0.25, 0.3) is 11.8 Å². The average Bonchev–Trinajstić information content (AvgIpc) is 2.48. The molecule has 7 nitrogen and oxygen atoms in total. The molecule has 0 unspecified atom stereocenters. The van der Waals surface area contributed by atoms with E-state index < -0.39 is 5.91 Å². The molecular formula is C14H21N3O4. The predicted molar refractivity (Wildman–Crippen MR) is 78.2 cm³/mol. The summed E-state index contributed by atoms with van der Waals surface area (Å²) in [4.78, 5) is 22.6. The first kappa shape index (κ1) is 16.9. The predicted octanol–water partition coefficient (Wildman–Crippen LogP) is -0.483. The third-order valence-corrected chi connectivity index (χ3v) is 2.55. The van der Waals surface area contributed by atoms with Gasteiger partial charge in [0.05, 0.1) is 6.61 Å². The van der Waals surface area contributed by atoms with Gasteiger partial charge in [-0.05, 0) is 18.2 Å². The summed E-state index contributed by atoms with van der Waals surface area (Å²) < 4.78 is 10.0. The van der Waals surface area contributed by atoms with Crippen LogP contribution in [0.4, 0.5) is 0 Å². The zero-order valence-corrected chi connectivity index (χ0v) is 12.1. The van der Waals surface area contributed by atoms with Gasteiger partial charge in [-0.2, -0.15) is 0 Å². The summed E-state index contributed by atoms with van der Waals surface area (Å²) in [7, 11) is 1.64. The smallest absolute Gasteiger partial charge is 0.255 e. The minimum atomic E-state index is -0.563. The molecule has 0 saturated carbocycles. The van der Waals surface area contributed by atoms with Gasteiger partial charge in [0.2, 0.25) is 0 Å². The summed E-state index contributed by atoms with van der Waals surface area (Å²) in [5.74, 6) is -0.334. The summed E-state index contributed by atoms with van der Waals surface area (Å²) in [6.45, 7) is 2.33. The summed E-state index contributed by atoms with van der Waals surface area (Å²) in [5, 5.41) is 5.90. The maximum Gasteiger partial charge on any atom is 0.255 e. The molecule has 1 aromatic carbocycles. The van der Waals surface area contributed by atoms with Gasteiger partial charge < -0.3 is 25.8 Å². The molecule has 0 spiro atoms. The van der Waals surface area contributed by atoms with Gasteiger partial charge in [-0.3, -0.25) is 9.59 Å². The minimum absolute atomic E-state index is 0.201. The summed E-state index contributed by atoms with van der Waals surface area (Å²) in [6.07, 6.45) is 0. The Hall–Kier alpha value is -2.12. The molecule has 0 atom stereocenters. The zero-order chi connectivity index (χ0) is 15.5. The molecule has 1 rings (SSSR count). The molecule has 4 N–H and O–H groups in total. The van der Waals surface area contributed by atoms with Crippen LogP contribution in [0.5, 0.6) is 5.75 Å². The van der Waals surface area contributed by atoms with Crippen molar-refractivity contribution in [3.8, 4) is 5.75 Å². The molecule has 0 radical (unpaired) electrons. The molecule has 116 valence electrons. The van der Waals surface area contributed by atoms with E-state index in [2.05, 4.69) is 10.6 Å². The van der Waals surface area contributed by atoms with Crippen molar-refractivity contribution in [3.05, 3.63) is 29.8 Å². The van der Waals surface area contributed by atoms with Crippen LogP contribution in [0.25, 0.3) is 0 Å². The molecule has 2 amide bonds. The largest absolute Gasteiger partial charge is 0.484 e. The Morgan fingerprint density at radius 2 is 2.05 bits per heavy atom. The zero-order valence-electron chi connectivity index (χ0n) is 12.1. The Bertz CT molecular complexity index is 465. The van der Waals surface area contributed by atoms with E-state index in [1.54, 1.807) is 31.4 Å². The topological polar surface area (TPSA) is 103 Å². The number of methoxy groups -OCH3 is 1. The van der Waals surface area contributed by atoms with E-state index in [0.29, 0.717) is 31.0 Å². The lowest BCUT2D eigenvalue weighted by Crippen LogP contribution is -2.33. The highest BCUT2D eigenvalue weighted by atomic mass is 16.5. The van der Waals surface area contributed by atoms with E-state index in [4.69, 9.17) is 15.2 Å². The number of rotatable bonds is 10. The fourth-order valence-electron chi connectivity index (χ4n) is 1.55. The van der Waals surface area contributed by atoms with Crippen molar-refractivity contribution in [1.82, 2.24) is 10.6 Å². The van der Waals surface area contributed by atoms with E-state index in [1.165, 1.54) is 0 Å². The van der Waals surface area contributed by atoms with Gasteiger partial charge in [0, 0.05) is 32.3 Å². The number of primary amides is 1. The van der Waals surface area contributed by atoms with Crippen LogP contribution in [0.15, 0.2) is 24.3 Å². The molecule has 0 aromatic heterocycles. The number of hydrogen-bond donors (Lipinski definition) is 3. The van der Waals surface area contributed by atoms with Gasteiger partial charge in [-0.25, -0.2) is 0 Å². The van der Waals surface area contributed by atoms with Crippen molar-refractivity contribution in [2.45, 2.75) is 0 Å². The molecule has 7 heteroatoms. The highest BCUT2D eigenvalue weighted by Crippen LogP contribution is 2.12. The van der Waals surface area contributed by atoms with Crippen molar-refractivity contribution >= 4 is 11.8 Å². The highest BCUT2D eigenvalue weighted by molar-refractivity contribution is 5.94. The number of carbonyl (C=O) groups is 2. The summed E-state index contributed by atoms with van der Waals surface area (Å²) in [5.41, 5.74) is 5.46. The molecule has 21 heavy (non-hydrogen) atoms. The van der Waals surface area contributed by atoms with Crippen LogP contribution in [0.1, 0.15) is 10.4 Å². The molecule has 0 aliphatic rings. The quantitative estimate of drug-likeness (QED) is 0.506. The lowest BCUT2D eigenvalue weighted by molar-refractivity contribution is -0.119. The molecule has 0 aliphatic heterocycles. The number of amides is 2. The first-order valence-corrected chi connectivity index (χ1v) is 6.62. The van der Waals surface area contributed by atoms with Crippen molar-refractivity contribution < 1.29 is 19.1 Å². The summed E-state index contributed by atoms with van der Waals surface area (Å²) in [6, 6.07) is 6.58. The molecule has 0 saturated heterocycles. The molecule has 1 aromatic rings. The number of nitrogens with one attached hydrogen (secondary N) is 2. The summed E-state index contributed by atoms with van der Waals surface area (Å²) >= 11 is 0. The highest BCUT2D eigenvalue weighted by Gasteiger charge is 2.06. The van der Waals surface area contributed by atoms with Gasteiger partial charge in [0.15, 0.2) is 6.61 Å². The van der Waals surface area contributed by atoms with Crippen LogP contribution in [0.2, 0.25) is 0 Å². The Morgan fingerprint density at radius 1 is 1.24 bits per heavy atom. The van der Waals surface area contributed by atoms with Crippen molar-refractivity contribution in [3.63, 3.8) is 0 Å². The molecule has 0 aliphatic carbocycles. The third kappa shape index (κ3) is 7.28. The Balaban J connectivity index is 2.36. The van der Waals surface area contributed by atoms with Gasteiger partial charge in [0.1, 0.15) is 5.75 Å². The normalized spacial score (nSPS) is 10.1. The third-order valence-electron chi connectivity index (χ3n) is 2.55. The average molecular weight is 295 g/mol. The fraction of sp³-hybridized carbons (Fsp3) is 0.429. The van der Waals surface area contributed by atoms with Crippen molar-refractivity contribution in [2.75, 3.05) is 40.0 Å². The maximum absolute atomic E-state index is 11.9. The number of carbonyl (C=O) groups excluding carboxylic acids is 2. The number of ether oxygens (including phenoxy) is 2. The van der Waals surface area contributed by atoms with Crippen LogP contribution in [0.3, 0.4) is 0 Å². The minimum Gasteiger partial charge on any atom is -0.484 e.